The van der Waals surface area contributed by atoms with Gasteiger partial charge in [0, 0.05) is 10.5 Å². The molecule has 0 atom stereocenters. The summed E-state index contributed by atoms with van der Waals surface area (Å²) in [6.07, 6.45) is 4.00. The number of ketones is 1. The molecule has 0 saturated carbocycles. The summed E-state index contributed by atoms with van der Waals surface area (Å²) in [6.45, 7) is 4.05. The van der Waals surface area contributed by atoms with E-state index < -0.39 is 0 Å². The van der Waals surface area contributed by atoms with Gasteiger partial charge in [-0.1, -0.05) is 79.7 Å². The average Bonchev–Trinajstić information content (AvgIpc) is 2.70. The minimum atomic E-state index is -0.147. The first-order valence-corrected chi connectivity index (χ1v) is 9.92. The molecule has 0 saturated heterocycles. The minimum absolute atomic E-state index is 0.0260. The SMILES string of the molecule is CCSc1c(C)c(/C=C/c2ccccc2)cc(O)c1C(=O)c1ccccc1. The number of aromatic hydroxyl groups is 1. The van der Waals surface area contributed by atoms with E-state index in [1.807, 2.05) is 74.5 Å². The summed E-state index contributed by atoms with van der Waals surface area (Å²) in [4.78, 5) is 13.9. The van der Waals surface area contributed by atoms with Crippen LogP contribution in [0.2, 0.25) is 0 Å². The van der Waals surface area contributed by atoms with Gasteiger partial charge in [0.05, 0.1) is 5.56 Å². The van der Waals surface area contributed by atoms with Crippen LogP contribution in [0.25, 0.3) is 12.2 Å². The molecule has 3 aromatic carbocycles. The lowest BCUT2D eigenvalue weighted by molar-refractivity contribution is 0.103. The van der Waals surface area contributed by atoms with Crippen molar-refractivity contribution >= 4 is 29.7 Å². The Morgan fingerprint density at radius 1 is 1.00 bits per heavy atom. The molecular formula is C24H22O2S. The number of phenols is 1. The molecule has 0 radical (unpaired) electrons. The zero-order chi connectivity index (χ0) is 19.2. The van der Waals surface area contributed by atoms with Gasteiger partial charge in [-0.2, -0.15) is 0 Å². The Hall–Kier alpha value is -2.78. The maximum Gasteiger partial charge on any atom is 0.197 e. The molecule has 0 aliphatic heterocycles. The van der Waals surface area contributed by atoms with E-state index in [0.29, 0.717) is 11.1 Å². The van der Waals surface area contributed by atoms with Gasteiger partial charge in [-0.05, 0) is 35.4 Å². The van der Waals surface area contributed by atoms with Crippen LogP contribution >= 0.6 is 11.8 Å². The van der Waals surface area contributed by atoms with E-state index in [0.717, 1.165) is 27.3 Å². The van der Waals surface area contributed by atoms with Crippen molar-refractivity contribution in [3.05, 3.63) is 94.5 Å². The van der Waals surface area contributed by atoms with Crippen LogP contribution in [0.3, 0.4) is 0 Å². The normalized spacial score (nSPS) is 11.0. The first-order valence-electron chi connectivity index (χ1n) is 8.94. The molecule has 3 aromatic rings. The van der Waals surface area contributed by atoms with Gasteiger partial charge in [0.25, 0.3) is 0 Å². The van der Waals surface area contributed by atoms with Crippen molar-refractivity contribution in [1.29, 1.82) is 0 Å². The number of phenolic OH excluding ortho intramolecular Hbond substituents is 1. The Balaban J connectivity index is 2.07. The molecule has 3 heteroatoms. The maximum absolute atomic E-state index is 13.0. The monoisotopic (exact) mass is 374 g/mol. The maximum atomic E-state index is 13.0. The molecule has 2 nitrogen and oxygen atoms in total. The first kappa shape index (κ1) is 19.0. The van der Waals surface area contributed by atoms with E-state index in [1.165, 1.54) is 0 Å². The molecule has 0 aliphatic carbocycles. The zero-order valence-corrected chi connectivity index (χ0v) is 16.3. The predicted octanol–water partition coefficient (Wildman–Crippen LogP) is 6.21. The molecule has 0 aliphatic rings. The second kappa shape index (κ2) is 8.74. The van der Waals surface area contributed by atoms with Crippen molar-refractivity contribution in [2.75, 3.05) is 5.75 Å². The topological polar surface area (TPSA) is 37.3 Å². The Bertz CT molecular complexity index is 961. The van der Waals surface area contributed by atoms with Gasteiger partial charge in [-0.25, -0.2) is 0 Å². The van der Waals surface area contributed by atoms with Crippen LogP contribution in [-0.2, 0) is 0 Å². The highest BCUT2D eigenvalue weighted by molar-refractivity contribution is 7.99. The molecule has 0 aromatic heterocycles. The Kier molecular flexibility index (Phi) is 6.15. The lowest BCUT2D eigenvalue weighted by Gasteiger charge is -2.15. The van der Waals surface area contributed by atoms with Crippen LogP contribution in [-0.4, -0.2) is 16.6 Å². The van der Waals surface area contributed by atoms with Crippen molar-refractivity contribution in [2.24, 2.45) is 0 Å². The van der Waals surface area contributed by atoms with Gasteiger partial charge in [-0.3, -0.25) is 4.79 Å². The highest BCUT2D eigenvalue weighted by Gasteiger charge is 2.21. The average molecular weight is 375 g/mol. The van der Waals surface area contributed by atoms with E-state index in [4.69, 9.17) is 0 Å². The lowest BCUT2D eigenvalue weighted by Crippen LogP contribution is -2.06. The molecule has 0 fully saturated rings. The van der Waals surface area contributed by atoms with E-state index in [1.54, 1.807) is 30.0 Å². The first-order chi connectivity index (χ1) is 13.1. The van der Waals surface area contributed by atoms with Crippen molar-refractivity contribution < 1.29 is 9.90 Å². The molecule has 136 valence electrons. The molecule has 0 heterocycles. The second-order valence-corrected chi connectivity index (χ2v) is 7.46. The standard InChI is InChI=1S/C24H22O2S/c1-3-27-24-17(2)20(15-14-18-10-6-4-7-11-18)16-21(25)22(24)23(26)19-12-8-5-9-13-19/h4-16,25H,3H2,1-2H3/b15-14+. The van der Waals surface area contributed by atoms with Crippen molar-refractivity contribution in [3.63, 3.8) is 0 Å². The fourth-order valence-electron chi connectivity index (χ4n) is 2.96. The number of carbonyl (C=O) groups excluding carboxylic acids is 1. The Morgan fingerprint density at radius 3 is 2.26 bits per heavy atom. The van der Waals surface area contributed by atoms with Crippen molar-refractivity contribution in [2.45, 2.75) is 18.7 Å². The quantitative estimate of drug-likeness (QED) is 0.316. The van der Waals surface area contributed by atoms with Crippen molar-refractivity contribution in [1.82, 2.24) is 0 Å². The number of hydrogen-bond acceptors (Lipinski definition) is 3. The minimum Gasteiger partial charge on any atom is -0.507 e. The second-order valence-electron chi connectivity index (χ2n) is 6.19. The van der Waals surface area contributed by atoms with Crippen molar-refractivity contribution in [3.8, 4) is 5.75 Å². The smallest absolute Gasteiger partial charge is 0.197 e. The molecule has 0 amide bonds. The van der Waals surface area contributed by atoms with Gasteiger partial charge in [0.15, 0.2) is 5.78 Å². The van der Waals surface area contributed by atoms with Gasteiger partial charge in [-0.15, -0.1) is 11.8 Å². The summed E-state index contributed by atoms with van der Waals surface area (Å²) in [5.74, 6) is 0.699. The third-order valence-electron chi connectivity index (χ3n) is 4.36. The molecular weight excluding hydrogens is 352 g/mol. The number of thioether (sulfide) groups is 1. The fraction of sp³-hybridized carbons (Fsp3) is 0.125. The summed E-state index contributed by atoms with van der Waals surface area (Å²) in [7, 11) is 0. The predicted molar refractivity (Wildman–Crippen MR) is 114 cm³/mol. The Morgan fingerprint density at radius 2 is 1.63 bits per heavy atom. The molecule has 3 rings (SSSR count). The third-order valence-corrected chi connectivity index (χ3v) is 5.44. The highest BCUT2D eigenvalue weighted by Crippen LogP contribution is 2.37. The van der Waals surface area contributed by atoms with Crippen LogP contribution in [0.15, 0.2) is 71.6 Å². The van der Waals surface area contributed by atoms with Gasteiger partial charge in [0.2, 0.25) is 0 Å². The number of rotatable bonds is 6. The van der Waals surface area contributed by atoms with Crippen LogP contribution in [0.5, 0.6) is 5.75 Å². The molecule has 0 unspecified atom stereocenters. The van der Waals surface area contributed by atoms with Gasteiger partial charge in [0.1, 0.15) is 5.75 Å². The summed E-state index contributed by atoms with van der Waals surface area (Å²) in [5, 5.41) is 10.7. The molecule has 27 heavy (non-hydrogen) atoms. The summed E-state index contributed by atoms with van der Waals surface area (Å²) >= 11 is 1.59. The van der Waals surface area contributed by atoms with Crippen LogP contribution in [0.4, 0.5) is 0 Å². The van der Waals surface area contributed by atoms with Gasteiger partial charge >= 0.3 is 0 Å². The summed E-state index contributed by atoms with van der Waals surface area (Å²) in [5.41, 5.74) is 3.98. The fourth-order valence-corrected chi connectivity index (χ4v) is 3.93. The zero-order valence-electron chi connectivity index (χ0n) is 15.5. The molecule has 0 spiro atoms. The van der Waals surface area contributed by atoms with Crippen LogP contribution in [0.1, 0.15) is 39.5 Å². The summed E-state index contributed by atoms with van der Waals surface area (Å²) < 4.78 is 0. The third kappa shape index (κ3) is 4.32. The number of hydrogen-bond donors (Lipinski definition) is 1. The van der Waals surface area contributed by atoms with E-state index >= 15 is 0 Å². The van der Waals surface area contributed by atoms with Crippen LogP contribution in [0, 0.1) is 6.92 Å². The molecule has 0 bridgehead atoms. The Labute approximate surface area is 164 Å². The van der Waals surface area contributed by atoms with E-state index in [9.17, 15) is 9.90 Å². The highest BCUT2D eigenvalue weighted by atomic mass is 32.2. The number of carbonyl (C=O) groups is 1. The van der Waals surface area contributed by atoms with E-state index in [2.05, 4.69) is 0 Å². The lowest BCUT2D eigenvalue weighted by atomic mass is 9.97. The van der Waals surface area contributed by atoms with E-state index in [-0.39, 0.29) is 11.5 Å². The molecule has 1 N–H and O–H groups in total. The largest absolute Gasteiger partial charge is 0.507 e. The van der Waals surface area contributed by atoms with Crippen LogP contribution < -0.4 is 0 Å². The van der Waals surface area contributed by atoms with Gasteiger partial charge < -0.3 is 5.11 Å². The number of benzene rings is 3. The summed E-state index contributed by atoms with van der Waals surface area (Å²) in [6, 6.07) is 20.8.